The third kappa shape index (κ3) is 4.17. The van der Waals surface area contributed by atoms with Crippen LogP contribution in [0.5, 0.6) is 0 Å². The van der Waals surface area contributed by atoms with Gasteiger partial charge in [-0.1, -0.05) is 0 Å². The first-order valence-corrected chi connectivity index (χ1v) is 9.14. The van der Waals surface area contributed by atoms with Gasteiger partial charge in [0.2, 0.25) is 5.91 Å². The number of likely N-dealkylation sites (tertiary alicyclic amines) is 1. The largest absolute Gasteiger partial charge is 0.371 e. The molecular weight excluding hydrogens is 280 g/mol. The second kappa shape index (κ2) is 5.99. The van der Waals surface area contributed by atoms with Crippen molar-refractivity contribution >= 4 is 15.7 Å². The van der Waals surface area contributed by atoms with Gasteiger partial charge >= 0.3 is 0 Å². The first-order valence-electron chi connectivity index (χ1n) is 7.08. The standard InChI is InChI=1S/C13H24N2O4S/c1-14-6-4-13(5-7-14)11-15(8-9-19-13)12(16)3-10-20(2,17)18/h3-11H2,1-2H3. The molecule has 0 radical (unpaired) electrons. The van der Waals surface area contributed by atoms with E-state index in [1.165, 1.54) is 0 Å². The highest BCUT2D eigenvalue weighted by Crippen LogP contribution is 2.29. The molecule has 0 aromatic carbocycles. The number of carbonyl (C=O) groups is 1. The average molecular weight is 304 g/mol. The number of amides is 1. The molecule has 116 valence electrons. The zero-order valence-electron chi connectivity index (χ0n) is 12.3. The van der Waals surface area contributed by atoms with Crippen LogP contribution in [0.1, 0.15) is 19.3 Å². The van der Waals surface area contributed by atoms with Gasteiger partial charge in [-0.05, 0) is 19.9 Å². The fourth-order valence-corrected chi connectivity index (χ4v) is 3.36. The molecule has 0 aromatic rings. The summed E-state index contributed by atoms with van der Waals surface area (Å²) in [5.41, 5.74) is -0.217. The molecule has 0 aliphatic carbocycles. The lowest BCUT2D eigenvalue weighted by molar-refractivity contribution is -0.158. The maximum absolute atomic E-state index is 12.1. The summed E-state index contributed by atoms with van der Waals surface area (Å²) in [6, 6.07) is 0. The number of morpholine rings is 1. The number of carbonyl (C=O) groups excluding carboxylic acids is 1. The molecule has 1 amide bonds. The molecule has 0 unspecified atom stereocenters. The molecule has 0 atom stereocenters. The topological polar surface area (TPSA) is 66.9 Å². The molecule has 0 bridgehead atoms. The fourth-order valence-electron chi connectivity index (χ4n) is 2.82. The normalized spacial score (nSPS) is 24.0. The van der Waals surface area contributed by atoms with Crippen LogP contribution in [0, 0.1) is 0 Å². The van der Waals surface area contributed by atoms with Crippen LogP contribution in [0.4, 0.5) is 0 Å². The Bertz CT molecular complexity index is 455. The van der Waals surface area contributed by atoms with E-state index in [1.54, 1.807) is 4.90 Å². The number of rotatable bonds is 3. The van der Waals surface area contributed by atoms with Crippen LogP contribution in [0.15, 0.2) is 0 Å². The first kappa shape index (κ1) is 15.7. The Hall–Kier alpha value is -0.660. The highest BCUT2D eigenvalue weighted by Gasteiger charge is 2.40. The lowest BCUT2D eigenvalue weighted by Gasteiger charge is -2.46. The molecule has 2 aliphatic rings. The smallest absolute Gasteiger partial charge is 0.223 e. The lowest BCUT2D eigenvalue weighted by Crippen LogP contribution is -2.57. The summed E-state index contributed by atoms with van der Waals surface area (Å²) in [6.45, 7) is 3.68. The first-order chi connectivity index (χ1) is 9.30. The van der Waals surface area contributed by atoms with E-state index < -0.39 is 9.84 Å². The van der Waals surface area contributed by atoms with E-state index in [9.17, 15) is 13.2 Å². The molecule has 2 rings (SSSR count). The Kier molecular flexibility index (Phi) is 4.71. The summed E-state index contributed by atoms with van der Waals surface area (Å²) in [6.07, 6.45) is 3.10. The van der Waals surface area contributed by atoms with Gasteiger partial charge in [-0.3, -0.25) is 4.79 Å². The van der Waals surface area contributed by atoms with Gasteiger partial charge in [0.05, 0.1) is 18.0 Å². The van der Waals surface area contributed by atoms with Gasteiger partial charge in [-0.25, -0.2) is 8.42 Å². The van der Waals surface area contributed by atoms with Gasteiger partial charge in [0.1, 0.15) is 9.84 Å². The average Bonchev–Trinajstić information content (AvgIpc) is 2.39. The third-order valence-corrected chi connectivity index (χ3v) is 5.13. The van der Waals surface area contributed by atoms with Gasteiger partial charge in [-0.2, -0.15) is 0 Å². The van der Waals surface area contributed by atoms with Crippen LogP contribution in [0.25, 0.3) is 0 Å². The number of sulfone groups is 1. The molecule has 2 saturated heterocycles. The Labute approximate surface area is 121 Å². The van der Waals surface area contributed by atoms with Crippen LogP contribution in [0.2, 0.25) is 0 Å². The van der Waals surface area contributed by atoms with Gasteiger partial charge in [0.25, 0.3) is 0 Å². The van der Waals surface area contributed by atoms with E-state index in [2.05, 4.69) is 11.9 Å². The van der Waals surface area contributed by atoms with Crippen molar-refractivity contribution in [3.63, 3.8) is 0 Å². The second-order valence-corrected chi connectivity index (χ2v) is 8.29. The third-order valence-electron chi connectivity index (χ3n) is 4.19. The highest BCUT2D eigenvalue weighted by molar-refractivity contribution is 7.90. The van der Waals surface area contributed by atoms with Gasteiger partial charge in [0.15, 0.2) is 0 Å². The van der Waals surface area contributed by atoms with Crippen molar-refractivity contribution in [1.29, 1.82) is 0 Å². The molecule has 0 N–H and O–H groups in total. The van der Waals surface area contributed by atoms with Gasteiger partial charge in [-0.15, -0.1) is 0 Å². The van der Waals surface area contributed by atoms with Crippen molar-refractivity contribution in [2.45, 2.75) is 24.9 Å². The van der Waals surface area contributed by atoms with Crippen molar-refractivity contribution < 1.29 is 17.9 Å². The van der Waals surface area contributed by atoms with Crippen LogP contribution in [0.3, 0.4) is 0 Å². The van der Waals surface area contributed by atoms with Crippen LogP contribution in [-0.4, -0.2) is 81.6 Å². The van der Waals surface area contributed by atoms with E-state index in [1.807, 2.05) is 0 Å². The zero-order valence-corrected chi connectivity index (χ0v) is 13.1. The molecule has 0 saturated carbocycles. The summed E-state index contributed by atoms with van der Waals surface area (Å²) in [5, 5.41) is 0. The summed E-state index contributed by atoms with van der Waals surface area (Å²) < 4.78 is 28.2. The maximum atomic E-state index is 12.1. The molecule has 2 heterocycles. The Morgan fingerprint density at radius 1 is 1.25 bits per heavy atom. The Morgan fingerprint density at radius 3 is 2.50 bits per heavy atom. The number of nitrogens with zero attached hydrogens (tertiary/aromatic N) is 2. The van der Waals surface area contributed by atoms with Crippen LogP contribution < -0.4 is 0 Å². The second-order valence-electron chi connectivity index (χ2n) is 6.03. The quantitative estimate of drug-likeness (QED) is 0.719. The molecule has 6 nitrogen and oxygen atoms in total. The van der Waals surface area contributed by atoms with E-state index in [0.717, 1.165) is 32.2 Å². The van der Waals surface area contributed by atoms with Gasteiger partial charge in [0, 0.05) is 38.9 Å². The fraction of sp³-hybridized carbons (Fsp3) is 0.923. The number of ether oxygens (including phenoxy) is 1. The van der Waals surface area contributed by atoms with Gasteiger partial charge < -0.3 is 14.5 Å². The molecule has 2 aliphatic heterocycles. The van der Waals surface area contributed by atoms with E-state index >= 15 is 0 Å². The Morgan fingerprint density at radius 2 is 1.90 bits per heavy atom. The molecule has 2 fully saturated rings. The predicted molar refractivity (Wildman–Crippen MR) is 76.3 cm³/mol. The van der Waals surface area contributed by atoms with Crippen molar-refractivity contribution in [3.8, 4) is 0 Å². The summed E-state index contributed by atoms with van der Waals surface area (Å²) in [4.78, 5) is 16.2. The summed E-state index contributed by atoms with van der Waals surface area (Å²) >= 11 is 0. The van der Waals surface area contributed by atoms with E-state index in [4.69, 9.17) is 4.74 Å². The lowest BCUT2D eigenvalue weighted by atomic mass is 9.89. The minimum absolute atomic E-state index is 0.0705. The monoisotopic (exact) mass is 304 g/mol. The summed E-state index contributed by atoms with van der Waals surface area (Å²) in [7, 11) is -0.996. The molecule has 0 aromatic heterocycles. The molecule has 1 spiro atoms. The van der Waals surface area contributed by atoms with Crippen molar-refractivity contribution in [2.24, 2.45) is 0 Å². The van der Waals surface area contributed by atoms with E-state index in [-0.39, 0.29) is 23.7 Å². The SMILES string of the molecule is CN1CCC2(CC1)CN(C(=O)CCS(C)(=O)=O)CCO2. The zero-order chi connectivity index (χ0) is 14.8. The van der Waals surface area contributed by atoms with Crippen molar-refractivity contribution in [3.05, 3.63) is 0 Å². The minimum Gasteiger partial charge on any atom is -0.371 e. The molecule has 7 heteroatoms. The van der Waals surface area contributed by atoms with Crippen molar-refractivity contribution in [1.82, 2.24) is 9.80 Å². The van der Waals surface area contributed by atoms with E-state index in [0.29, 0.717) is 19.7 Å². The minimum atomic E-state index is -3.08. The maximum Gasteiger partial charge on any atom is 0.223 e. The number of piperidine rings is 1. The molecular formula is C13H24N2O4S. The molecule has 20 heavy (non-hydrogen) atoms. The Balaban J connectivity index is 1.91. The number of hydrogen-bond donors (Lipinski definition) is 0. The highest BCUT2D eigenvalue weighted by atomic mass is 32.2. The van der Waals surface area contributed by atoms with Crippen molar-refractivity contribution in [2.75, 3.05) is 51.8 Å². The predicted octanol–water partition coefficient (Wildman–Crippen LogP) is -0.256. The summed E-state index contributed by atoms with van der Waals surface area (Å²) in [5.74, 6) is -0.143. The van der Waals surface area contributed by atoms with Crippen LogP contribution >= 0.6 is 0 Å². The van der Waals surface area contributed by atoms with Crippen LogP contribution in [-0.2, 0) is 19.4 Å². The number of hydrogen-bond acceptors (Lipinski definition) is 5.